The van der Waals surface area contributed by atoms with Crippen LogP contribution < -0.4 is 11.1 Å². The molecular weight excluding hydrogens is 556 g/mol. The fourth-order valence-electron chi connectivity index (χ4n) is 6.20. The fraction of sp³-hybridized carbons (Fsp3) is 0.419. The molecule has 2 aliphatic rings. The standard InChI is InChI=1S/C31H33F2N7O3/c1-18-10-19(11-25(35)29(18)43-9-3-7-34)22-6-8-36-15-27(22)38-30-37-14-21-4-5-26(39-40(21)30)28-23(32)12-20(13-24(28)33)31(41-2)16-42-17-31/h4-6,8,12-15,18-19,25,29H,3,9-11,16-17,35H2,1-2H3,(H,37,38)/t18-,19+,25+,29-/m0/s1. The van der Waals surface area contributed by atoms with Crippen molar-refractivity contribution < 1.29 is 23.0 Å². The van der Waals surface area contributed by atoms with Gasteiger partial charge in [0.2, 0.25) is 5.95 Å². The molecule has 0 amide bonds. The monoisotopic (exact) mass is 589 g/mol. The van der Waals surface area contributed by atoms with Gasteiger partial charge in [0, 0.05) is 19.3 Å². The number of imidazole rings is 1. The maximum Gasteiger partial charge on any atom is 0.229 e. The number of aromatic nitrogens is 4. The van der Waals surface area contributed by atoms with Crippen LogP contribution in [0, 0.1) is 28.9 Å². The Labute approximate surface area is 247 Å². The average molecular weight is 590 g/mol. The Hall–Kier alpha value is -4.02. The van der Waals surface area contributed by atoms with E-state index in [1.807, 2.05) is 6.07 Å². The second-order valence-corrected chi connectivity index (χ2v) is 11.3. The van der Waals surface area contributed by atoms with Crippen molar-refractivity contribution in [1.82, 2.24) is 19.6 Å². The van der Waals surface area contributed by atoms with Gasteiger partial charge in [-0.05, 0) is 66.1 Å². The summed E-state index contributed by atoms with van der Waals surface area (Å²) in [6.45, 7) is 2.95. The van der Waals surface area contributed by atoms with E-state index >= 15 is 8.78 Å². The van der Waals surface area contributed by atoms with E-state index in [2.05, 4.69) is 33.4 Å². The Morgan fingerprint density at radius 2 is 1.98 bits per heavy atom. The zero-order chi connectivity index (χ0) is 30.1. The molecule has 0 spiro atoms. The van der Waals surface area contributed by atoms with Gasteiger partial charge in [-0.25, -0.2) is 13.8 Å². The Balaban J connectivity index is 1.27. The van der Waals surface area contributed by atoms with Gasteiger partial charge in [-0.1, -0.05) is 6.92 Å². The van der Waals surface area contributed by atoms with Crippen LogP contribution in [0.4, 0.5) is 20.4 Å². The Morgan fingerprint density at radius 1 is 1.19 bits per heavy atom. The number of methoxy groups -OCH3 is 1. The van der Waals surface area contributed by atoms with Crippen LogP contribution >= 0.6 is 0 Å². The zero-order valence-corrected chi connectivity index (χ0v) is 24.0. The van der Waals surface area contributed by atoms with Gasteiger partial charge in [-0.15, -0.1) is 0 Å². The summed E-state index contributed by atoms with van der Waals surface area (Å²) in [5.41, 5.74) is 8.36. The third kappa shape index (κ3) is 5.45. The normalized spacial score (nSPS) is 23.1. The number of hydrogen-bond acceptors (Lipinski definition) is 9. The van der Waals surface area contributed by atoms with Crippen LogP contribution in [0.15, 0.2) is 48.9 Å². The van der Waals surface area contributed by atoms with Gasteiger partial charge in [-0.2, -0.15) is 14.9 Å². The van der Waals surface area contributed by atoms with Crippen molar-refractivity contribution in [2.75, 3.05) is 32.2 Å². The van der Waals surface area contributed by atoms with Crippen LogP contribution in [0.1, 0.15) is 43.2 Å². The summed E-state index contributed by atoms with van der Waals surface area (Å²) in [6, 6.07) is 9.72. The molecule has 4 heterocycles. The van der Waals surface area contributed by atoms with Gasteiger partial charge in [0.25, 0.3) is 0 Å². The molecular formula is C31H33F2N7O3. The van der Waals surface area contributed by atoms with Gasteiger partial charge in [0.15, 0.2) is 0 Å². The first-order valence-corrected chi connectivity index (χ1v) is 14.3. The largest absolute Gasteiger partial charge is 0.375 e. The van der Waals surface area contributed by atoms with E-state index in [0.29, 0.717) is 36.5 Å². The Morgan fingerprint density at radius 3 is 2.65 bits per heavy atom. The first kappa shape index (κ1) is 29.1. The van der Waals surface area contributed by atoms with E-state index in [1.54, 1.807) is 30.7 Å². The summed E-state index contributed by atoms with van der Waals surface area (Å²) in [4.78, 5) is 8.80. The zero-order valence-electron chi connectivity index (χ0n) is 24.0. The third-order valence-electron chi connectivity index (χ3n) is 8.53. The van der Waals surface area contributed by atoms with Crippen LogP contribution in [0.5, 0.6) is 0 Å². The van der Waals surface area contributed by atoms with E-state index in [4.69, 9.17) is 25.2 Å². The minimum absolute atomic E-state index is 0.112. The molecule has 12 heteroatoms. The molecule has 1 aliphatic heterocycles. The number of nitrogens with one attached hydrogen (secondary N) is 1. The molecule has 1 saturated heterocycles. The van der Waals surface area contributed by atoms with Crippen LogP contribution in [-0.4, -0.2) is 58.7 Å². The number of anilines is 2. The van der Waals surface area contributed by atoms with Crippen LogP contribution in [-0.2, 0) is 19.8 Å². The van der Waals surface area contributed by atoms with Gasteiger partial charge in [-0.3, -0.25) is 4.98 Å². The molecule has 0 unspecified atom stereocenters. The smallest absolute Gasteiger partial charge is 0.229 e. The molecule has 43 heavy (non-hydrogen) atoms. The molecule has 4 aromatic rings. The lowest BCUT2D eigenvalue weighted by Crippen LogP contribution is -2.48. The van der Waals surface area contributed by atoms with Crippen molar-refractivity contribution in [3.05, 3.63) is 71.7 Å². The van der Waals surface area contributed by atoms with Crippen LogP contribution in [0.3, 0.4) is 0 Å². The number of hydrogen-bond donors (Lipinski definition) is 2. The number of ether oxygens (including phenoxy) is 3. The number of pyridine rings is 1. The molecule has 4 atom stereocenters. The Kier molecular flexibility index (Phi) is 8.07. The lowest BCUT2D eigenvalue weighted by molar-refractivity contribution is -0.202. The summed E-state index contributed by atoms with van der Waals surface area (Å²) in [5.74, 6) is -0.783. The van der Waals surface area contributed by atoms with Crippen LogP contribution in [0.25, 0.3) is 16.8 Å². The molecule has 1 aliphatic carbocycles. The molecule has 224 valence electrons. The second-order valence-electron chi connectivity index (χ2n) is 11.3. The quantitative estimate of drug-likeness (QED) is 0.264. The number of rotatable bonds is 9. The van der Waals surface area contributed by atoms with E-state index in [9.17, 15) is 0 Å². The number of nitrogens with two attached hydrogens (primary N) is 1. The highest BCUT2D eigenvalue weighted by molar-refractivity contribution is 5.66. The lowest BCUT2D eigenvalue weighted by Gasteiger charge is -2.40. The van der Waals surface area contributed by atoms with Gasteiger partial charge in [0.05, 0.1) is 73.3 Å². The van der Waals surface area contributed by atoms with Gasteiger partial charge >= 0.3 is 0 Å². The summed E-state index contributed by atoms with van der Waals surface area (Å²) in [7, 11) is 1.50. The predicted octanol–water partition coefficient (Wildman–Crippen LogP) is 4.82. The number of halogens is 2. The summed E-state index contributed by atoms with van der Waals surface area (Å²) < 4.78 is 48.9. The van der Waals surface area contributed by atoms with Gasteiger partial charge in [0.1, 0.15) is 17.2 Å². The summed E-state index contributed by atoms with van der Waals surface area (Å²) >= 11 is 0. The number of nitriles is 1. The molecule has 2 fully saturated rings. The molecule has 3 N–H and O–H groups in total. The van der Waals surface area contributed by atoms with E-state index in [-0.39, 0.29) is 48.5 Å². The number of fused-ring (bicyclic) bond motifs is 1. The van der Waals surface area contributed by atoms with Crippen molar-refractivity contribution in [3.63, 3.8) is 0 Å². The molecule has 0 radical (unpaired) electrons. The molecule has 10 nitrogen and oxygen atoms in total. The molecule has 3 aromatic heterocycles. The van der Waals surface area contributed by atoms with Crippen molar-refractivity contribution in [3.8, 4) is 17.3 Å². The highest BCUT2D eigenvalue weighted by Crippen LogP contribution is 2.40. The van der Waals surface area contributed by atoms with Crippen LogP contribution in [0.2, 0.25) is 0 Å². The number of benzene rings is 1. The van der Waals surface area contributed by atoms with E-state index in [1.165, 1.54) is 23.8 Å². The van der Waals surface area contributed by atoms with Crippen molar-refractivity contribution >= 4 is 17.2 Å². The maximum absolute atomic E-state index is 15.4. The second kappa shape index (κ2) is 11.9. The lowest BCUT2D eigenvalue weighted by atomic mass is 9.74. The van der Waals surface area contributed by atoms with E-state index < -0.39 is 17.2 Å². The SMILES string of the molecule is COC1(c2cc(F)c(-c3ccc4cnc(Nc5cnccc5[C@H]5C[C@@H](N)[C@@H](OCCC#N)[C@@H](C)C5)n4n3)c(F)c2)COC1. The third-order valence-corrected chi connectivity index (χ3v) is 8.53. The van der Waals surface area contributed by atoms with Gasteiger partial charge < -0.3 is 25.3 Å². The van der Waals surface area contributed by atoms with Crippen molar-refractivity contribution in [2.24, 2.45) is 11.7 Å². The average Bonchev–Trinajstić information content (AvgIpc) is 3.36. The molecule has 6 rings (SSSR count). The van der Waals surface area contributed by atoms with Crippen molar-refractivity contribution in [1.29, 1.82) is 5.26 Å². The topological polar surface area (TPSA) is 133 Å². The predicted molar refractivity (Wildman–Crippen MR) is 154 cm³/mol. The summed E-state index contributed by atoms with van der Waals surface area (Å²) in [6.07, 6.45) is 6.87. The molecule has 0 bridgehead atoms. The first-order chi connectivity index (χ1) is 20.8. The fourth-order valence-corrected chi connectivity index (χ4v) is 6.20. The first-order valence-electron chi connectivity index (χ1n) is 14.3. The van der Waals surface area contributed by atoms with E-state index in [0.717, 1.165) is 17.7 Å². The summed E-state index contributed by atoms with van der Waals surface area (Å²) in [5, 5.41) is 16.7. The highest BCUT2D eigenvalue weighted by atomic mass is 19.1. The maximum atomic E-state index is 15.4. The minimum atomic E-state index is -0.855. The minimum Gasteiger partial charge on any atom is -0.375 e. The Bertz CT molecular complexity index is 1630. The number of nitrogens with zero attached hydrogens (tertiary/aromatic N) is 5. The molecule has 1 aromatic carbocycles. The molecule has 1 saturated carbocycles. The van der Waals surface area contributed by atoms with Crippen molar-refractivity contribution in [2.45, 2.75) is 49.9 Å². The highest BCUT2D eigenvalue weighted by Gasteiger charge is 2.42.